The van der Waals surface area contributed by atoms with Gasteiger partial charge in [0, 0.05) is 13.2 Å². The summed E-state index contributed by atoms with van der Waals surface area (Å²) in [5.74, 6) is -2.69. The molecule has 0 spiro atoms. The quantitative estimate of drug-likeness (QED) is 0.612. The molecule has 19 heavy (non-hydrogen) atoms. The molecule has 1 heterocycles. The molecule has 0 unspecified atom stereocenters. The number of amides is 2. The first-order valence-corrected chi connectivity index (χ1v) is 5.69. The molecule has 1 aromatic rings. The molecule has 0 saturated heterocycles. The second-order valence-corrected chi connectivity index (χ2v) is 4.05. The first kappa shape index (κ1) is 14.7. The van der Waals surface area contributed by atoms with Crippen LogP contribution in [0, 0.1) is 0 Å². The van der Waals surface area contributed by atoms with Gasteiger partial charge in [-0.25, -0.2) is 4.79 Å². The highest BCUT2D eigenvalue weighted by Gasteiger charge is 2.24. The molecule has 1 rings (SSSR count). The summed E-state index contributed by atoms with van der Waals surface area (Å²) in [7, 11) is 1.66. The molecule has 8 nitrogen and oxygen atoms in total. The summed E-state index contributed by atoms with van der Waals surface area (Å²) in [5.41, 5.74) is 5.79. The predicted octanol–water partition coefficient (Wildman–Crippen LogP) is -0.959. The lowest BCUT2D eigenvalue weighted by atomic mass is 10.1. The van der Waals surface area contributed by atoms with Gasteiger partial charge in [-0.2, -0.15) is 5.10 Å². The molecule has 0 radical (unpaired) electrons. The Kier molecular flexibility index (Phi) is 4.62. The molecule has 2 amide bonds. The molecule has 1 aromatic heterocycles. The number of carboxylic acids is 1. The van der Waals surface area contributed by atoms with Crippen LogP contribution in [0.3, 0.4) is 0 Å². The third-order valence-corrected chi connectivity index (χ3v) is 2.49. The van der Waals surface area contributed by atoms with Gasteiger partial charge in [-0.15, -0.1) is 0 Å². The van der Waals surface area contributed by atoms with Crippen LogP contribution in [0.25, 0.3) is 0 Å². The Morgan fingerprint density at radius 3 is 2.63 bits per heavy atom. The summed E-state index contributed by atoms with van der Waals surface area (Å²) in [5, 5.41) is 15.2. The molecule has 8 heteroatoms. The number of aromatic nitrogens is 2. The van der Waals surface area contributed by atoms with Crippen molar-refractivity contribution in [2.75, 3.05) is 0 Å². The fraction of sp³-hybridized carbons (Fsp3) is 0.455. The maximum atomic E-state index is 12.0. The highest BCUT2D eigenvalue weighted by molar-refractivity contribution is 5.98. The number of aryl methyl sites for hydroxylation is 2. The van der Waals surface area contributed by atoms with Gasteiger partial charge in [0.1, 0.15) is 6.04 Å². The lowest BCUT2D eigenvalue weighted by Crippen LogP contribution is -2.43. The SMILES string of the molecule is CCc1nn(C)cc1C(=O)N[C@@H](CC(N)=O)C(=O)O. The van der Waals surface area contributed by atoms with E-state index in [0.29, 0.717) is 17.7 Å². The van der Waals surface area contributed by atoms with Gasteiger partial charge in [-0.05, 0) is 6.42 Å². The molecule has 0 aliphatic rings. The second kappa shape index (κ2) is 5.98. The number of aliphatic carboxylic acids is 1. The van der Waals surface area contributed by atoms with Gasteiger partial charge in [0.2, 0.25) is 5.91 Å². The van der Waals surface area contributed by atoms with Gasteiger partial charge in [0.05, 0.1) is 17.7 Å². The van der Waals surface area contributed by atoms with Crippen LogP contribution < -0.4 is 11.1 Å². The smallest absolute Gasteiger partial charge is 0.326 e. The van der Waals surface area contributed by atoms with E-state index in [1.807, 2.05) is 6.92 Å². The van der Waals surface area contributed by atoms with E-state index in [1.165, 1.54) is 10.9 Å². The Morgan fingerprint density at radius 2 is 2.16 bits per heavy atom. The minimum Gasteiger partial charge on any atom is -0.480 e. The van der Waals surface area contributed by atoms with E-state index in [2.05, 4.69) is 10.4 Å². The molecule has 1 atom stereocenters. The Morgan fingerprint density at radius 1 is 1.53 bits per heavy atom. The number of rotatable bonds is 6. The van der Waals surface area contributed by atoms with Crippen molar-refractivity contribution in [3.63, 3.8) is 0 Å². The van der Waals surface area contributed by atoms with E-state index in [9.17, 15) is 14.4 Å². The van der Waals surface area contributed by atoms with Gasteiger partial charge in [-0.3, -0.25) is 14.3 Å². The Bertz CT molecular complexity index is 509. The first-order valence-electron chi connectivity index (χ1n) is 5.69. The minimum absolute atomic E-state index is 0.292. The summed E-state index contributed by atoms with van der Waals surface area (Å²) in [4.78, 5) is 33.6. The zero-order valence-corrected chi connectivity index (χ0v) is 10.7. The number of carboxylic acid groups (broad SMARTS) is 1. The maximum Gasteiger partial charge on any atom is 0.326 e. The van der Waals surface area contributed by atoms with E-state index in [0.717, 1.165) is 0 Å². The van der Waals surface area contributed by atoms with Crippen LogP contribution in [0.15, 0.2) is 6.20 Å². The number of nitrogens with zero attached hydrogens (tertiary/aromatic N) is 2. The van der Waals surface area contributed by atoms with Crippen molar-refractivity contribution >= 4 is 17.8 Å². The van der Waals surface area contributed by atoms with E-state index in [4.69, 9.17) is 10.8 Å². The Labute approximate surface area is 109 Å². The molecule has 0 aromatic carbocycles. The molecule has 104 valence electrons. The maximum absolute atomic E-state index is 12.0. The van der Waals surface area contributed by atoms with Crippen molar-refractivity contribution in [1.29, 1.82) is 0 Å². The van der Waals surface area contributed by atoms with Crippen molar-refractivity contribution in [3.05, 3.63) is 17.5 Å². The Balaban J connectivity index is 2.87. The number of carbonyl (C=O) groups excluding carboxylic acids is 2. The van der Waals surface area contributed by atoms with Crippen LogP contribution in [-0.2, 0) is 23.1 Å². The number of carbonyl (C=O) groups is 3. The second-order valence-electron chi connectivity index (χ2n) is 4.05. The molecule has 0 aliphatic heterocycles. The number of primary amides is 1. The summed E-state index contributed by atoms with van der Waals surface area (Å²) in [6.07, 6.45) is 1.58. The average molecular weight is 268 g/mol. The largest absolute Gasteiger partial charge is 0.480 e. The van der Waals surface area contributed by atoms with Crippen molar-refractivity contribution in [3.8, 4) is 0 Å². The summed E-state index contributed by atoms with van der Waals surface area (Å²) < 4.78 is 1.47. The number of hydrogen-bond acceptors (Lipinski definition) is 4. The average Bonchev–Trinajstić information content (AvgIpc) is 2.68. The lowest BCUT2D eigenvalue weighted by Gasteiger charge is -2.12. The van der Waals surface area contributed by atoms with E-state index in [-0.39, 0.29) is 0 Å². The standard InChI is InChI=1S/C11H16N4O4/c1-3-7-6(5-15(2)14-7)10(17)13-8(11(18)19)4-9(12)16/h5,8H,3-4H2,1-2H3,(H2,12,16)(H,13,17)(H,18,19)/t8-/m0/s1. The summed E-state index contributed by atoms with van der Waals surface area (Å²) in [6, 6.07) is -1.34. The fourth-order valence-corrected chi connectivity index (χ4v) is 1.62. The molecule has 0 saturated carbocycles. The van der Waals surface area contributed by atoms with Gasteiger partial charge in [-0.1, -0.05) is 6.92 Å². The van der Waals surface area contributed by atoms with Crippen LogP contribution >= 0.6 is 0 Å². The molecular formula is C11H16N4O4. The lowest BCUT2D eigenvalue weighted by molar-refractivity contribution is -0.140. The van der Waals surface area contributed by atoms with Crippen molar-refractivity contribution in [1.82, 2.24) is 15.1 Å². The number of nitrogens with two attached hydrogens (primary N) is 1. The van der Waals surface area contributed by atoms with E-state index < -0.39 is 30.2 Å². The van der Waals surface area contributed by atoms with Crippen LogP contribution in [0.4, 0.5) is 0 Å². The minimum atomic E-state index is -1.34. The molecule has 0 aliphatic carbocycles. The summed E-state index contributed by atoms with van der Waals surface area (Å²) >= 11 is 0. The third-order valence-electron chi connectivity index (χ3n) is 2.49. The van der Waals surface area contributed by atoms with Gasteiger partial charge in [0.25, 0.3) is 5.91 Å². The molecule has 0 fully saturated rings. The van der Waals surface area contributed by atoms with Gasteiger partial charge >= 0.3 is 5.97 Å². The fourth-order valence-electron chi connectivity index (χ4n) is 1.62. The Hall–Kier alpha value is -2.38. The van der Waals surface area contributed by atoms with Crippen LogP contribution in [-0.4, -0.2) is 38.7 Å². The zero-order valence-electron chi connectivity index (χ0n) is 10.7. The predicted molar refractivity (Wildman–Crippen MR) is 65.3 cm³/mol. The normalized spacial score (nSPS) is 11.9. The van der Waals surface area contributed by atoms with Crippen molar-refractivity contribution < 1.29 is 19.5 Å². The molecule has 0 bridgehead atoms. The van der Waals surface area contributed by atoms with E-state index in [1.54, 1.807) is 7.05 Å². The topological polar surface area (TPSA) is 127 Å². The highest BCUT2D eigenvalue weighted by Crippen LogP contribution is 2.08. The van der Waals surface area contributed by atoms with Crippen LogP contribution in [0.2, 0.25) is 0 Å². The number of nitrogens with one attached hydrogen (secondary N) is 1. The van der Waals surface area contributed by atoms with Gasteiger partial charge in [0.15, 0.2) is 0 Å². The number of hydrogen-bond donors (Lipinski definition) is 3. The van der Waals surface area contributed by atoms with Crippen LogP contribution in [0.5, 0.6) is 0 Å². The monoisotopic (exact) mass is 268 g/mol. The van der Waals surface area contributed by atoms with Crippen LogP contribution in [0.1, 0.15) is 29.4 Å². The van der Waals surface area contributed by atoms with Gasteiger partial charge < -0.3 is 16.2 Å². The highest BCUT2D eigenvalue weighted by atomic mass is 16.4. The summed E-state index contributed by atoms with van der Waals surface area (Å²) in [6.45, 7) is 1.83. The first-order chi connectivity index (χ1) is 8.85. The zero-order chi connectivity index (χ0) is 14.6. The van der Waals surface area contributed by atoms with E-state index >= 15 is 0 Å². The molecular weight excluding hydrogens is 252 g/mol. The van der Waals surface area contributed by atoms with Crippen molar-refractivity contribution in [2.45, 2.75) is 25.8 Å². The third kappa shape index (κ3) is 3.80. The van der Waals surface area contributed by atoms with Crippen molar-refractivity contribution in [2.24, 2.45) is 12.8 Å². The molecule has 4 N–H and O–H groups in total.